The normalized spacial score (nSPS) is 15.6. The SMILES string of the molecule is C#CC1CC1C(=O)OCC.CC.CC.CC(C)(C)OC=O.CN(C)C(=O)OC(C)(C)C. The maximum Gasteiger partial charge on any atom is 0.409 e. The number of amides is 1. The molecule has 184 valence electrons. The van der Waals surface area contributed by atoms with Gasteiger partial charge in [0.2, 0.25) is 0 Å². The van der Waals surface area contributed by atoms with E-state index >= 15 is 0 Å². The second kappa shape index (κ2) is 19.7. The summed E-state index contributed by atoms with van der Waals surface area (Å²) in [5.41, 5.74) is -0.705. The van der Waals surface area contributed by atoms with E-state index in [-0.39, 0.29) is 35.1 Å². The van der Waals surface area contributed by atoms with Crippen LogP contribution in [-0.4, -0.2) is 55.3 Å². The van der Waals surface area contributed by atoms with E-state index in [2.05, 4.69) is 10.7 Å². The molecule has 1 amide bonds. The largest absolute Gasteiger partial charge is 0.466 e. The second-order valence-electron chi connectivity index (χ2n) is 8.07. The molecule has 1 rings (SSSR count). The standard InChI is InChI=1S/C8H10O2.C7H15NO2.C5H10O2.2C2H6/c1-3-6-5-7(6)8(9)10-4-2;1-7(2,3)10-6(9)8(4)5;1-5(2,3)7-4-6;2*1-2/h1,6-7H,4-5H2,2H3;1-5H3;4H,1-3H3;2*1-2H3. The molecule has 0 aromatic heterocycles. The van der Waals surface area contributed by atoms with Crippen molar-refractivity contribution >= 4 is 18.5 Å². The van der Waals surface area contributed by atoms with E-state index in [1.54, 1.807) is 21.0 Å². The lowest BCUT2D eigenvalue weighted by Crippen LogP contribution is -2.31. The van der Waals surface area contributed by atoms with Gasteiger partial charge in [-0.2, -0.15) is 0 Å². The van der Waals surface area contributed by atoms with Crippen LogP contribution in [0, 0.1) is 24.2 Å². The molecule has 7 heteroatoms. The fraction of sp³-hybridized carbons (Fsp3) is 0.792. The number of terminal acetylenes is 1. The lowest BCUT2D eigenvalue weighted by Gasteiger charge is -2.22. The molecule has 31 heavy (non-hydrogen) atoms. The van der Waals surface area contributed by atoms with Crippen LogP contribution in [0.2, 0.25) is 0 Å². The molecule has 0 aliphatic heterocycles. The lowest BCUT2D eigenvalue weighted by molar-refractivity contribution is -0.145. The van der Waals surface area contributed by atoms with Gasteiger partial charge in [-0.05, 0) is 54.9 Å². The number of hydrogen-bond acceptors (Lipinski definition) is 6. The summed E-state index contributed by atoms with van der Waals surface area (Å²) in [6.07, 6.45) is 5.62. The van der Waals surface area contributed by atoms with Gasteiger partial charge in [0.15, 0.2) is 0 Å². The summed E-state index contributed by atoms with van der Waals surface area (Å²) in [4.78, 5) is 32.7. The van der Waals surface area contributed by atoms with Gasteiger partial charge in [0, 0.05) is 20.0 Å². The zero-order chi connectivity index (χ0) is 25.8. The first-order valence-electron chi connectivity index (χ1n) is 10.8. The van der Waals surface area contributed by atoms with Crippen LogP contribution in [0.4, 0.5) is 4.79 Å². The number of hydrogen-bond donors (Lipinski definition) is 0. The third kappa shape index (κ3) is 27.8. The first-order chi connectivity index (χ1) is 14.2. The number of carbonyl (C=O) groups is 3. The van der Waals surface area contributed by atoms with Crippen molar-refractivity contribution in [2.24, 2.45) is 11.8 Å². The number of rotatable bonds is 3. The first-order valence-corrected chi connectivity index (χ1v) is 10.8. The van der Waals surface area contributed by atoms with Gasteiger partial charge in [-0.25, -0.2) is 4.79 Å². The van der Waals surface area contributed by atoms with E-state index in [1.807, 2.05) is 69.2 Å². The Labute approximate surface area is 191 Å². The first kappa shape index (κ1) is 36.2. The topological polar surface area (TPSA) is 82.1 Å². The highest BCUT2D eigenvalue weighted by molar-refractivity contribution is 5.76. The third-order valence-electron chi connectivity index (χ3n) is 2.75. The van der Waals surface area contributed by atoms with Crippen molar-refractivity contribution in [2.75, 3.05) is 20.7 Å². The van der Waals surface area contributed by atoms with Gasteiger partial charge in [-0.1, -0.05) is 27.7 Å². The third-order valence-corrected chi connectivity index (χ3v) is 2.75. The summed E-state index contributed by atoms with van der Waals surface area (Å²) in [5.74, 6) is 2.55. The predicted molar refractivity (Wildman–Crippen MR) is 127 cm³/mol. The van der Waals surface area contributed by atoms with Crippen molar-refractivity contribution in [2.45, 2.75) is 93.8 Å². The van der Waals surface area contributed by atoms with Crippen LogP contribution in [0.25, 0.3) is 0 Å². The minimum atomic E-state index is -0.388. The Kier molecular flexibility index (Phi) is 23.0. The van der Waals surface area contributed by atoms with Crippen molar-refractivity contribution in [3.8, 4) is 12.3 Å². The van der Waals surface area contributed by atoms with Crippen molar-refractivity contribution in [3.05, 3.63) is 0 Å². The second-order valence-corrected chi connectivity index (χ2v) is 8.07. The van der Waals surface area contributed by atoms with Crippen molar-refractivity contribution < 1.29 is 28.6 Å². The molecule has 0 heterocycles. The van der Waals surface area contributed by atoms with Gasteiger partial charge < -0.3 is 19.1 Å². The lowest BCUT2D eigenvalue weighted by atomic mass is 10.2. The van der Waals surface area contributed by atoms with E-state index in [0.717, 1.165) is 6.42 Å². The Hall–Kier alpha value is -2.23. The summed E-state index contributed by atoms with van der Waals surface area (Å²) in [6, 6.07) is 0. The zero-order valence-corrected chi connectivity index (χ0v) is 22.1. The number of nitrogens with zero attached hydrogens (tertiary/aromatic N) is 1. The fourth-order valence-electron chi connectivity index (χ4n) is 1.39. The fourth-order valence-corrected chi connectivity index (χ4v) is 1.39. The molecular formula is C24H47NO6. The summed E-state index contributed by atoms with van der Waals surface area (Å²) < 4.78 is 14.3. The maximum atomic E-state index is 10.9. The van der Waals surface area contributed by atoms with Gasteiger partial charge in [0.25, 0.3) is 6.47 Å². The highest BCUT2D eigenvalue weighted by Crippen LogP contribution is 2.38. The molecule has 0 radical (unpaired) electrons. The maximum absolute atomic E-state index is 10.9. The van der Waals surface area contributed by atoms with E-state index in [1.165, 1.54) is 4.90 Å². The molecule has 1 aliphatic rings. The number of esters is 1. The van der Waals surface area contributed by atoms with Crippen LogP contribution < -0.4 is 0 Å². The molecular weight excluding hydrogens is 398 g/mol. The molecule has 1 aliphatic carbocycles. The molecule has 0 bridgehead atoms. The smallest absolute Gasteiger partial charge is 0.409 e. The Bertz CT molecular complexity index is 510. The van der Waals surface area contributed by atoms with Crippen molar-refractivity contribution in [1.82, 2.24) is 4.90 Å². The quantitative estimate of drug-likeness (QED) is 0.253. The average Bonchev–Trinajstić information content (AvgIpc) is 3.44. The van der Waals surface area contributed by atoms with Crippen LogP contribution in [0.5, 0.6) is 0 Å². The van der Waals surface area contributed by atoms with E-state index < -0.39 is 0 Å². The number of ether oxygens (including phenoxy) is 3. The molecule has 1 saturated carbocycles. The van der Waals surface area contributed by atoms with Crippen LogP contribution in [-0.2, 0) is 23.8 Å². The summed E-state index contributed by atoms with van der Waals surface area (Å²) in [5, 5.41) is 0. The van der Waals surface area contributed by atoms with Crippen LogP contribution in [0.1, 0.15) is 82.6 Å². The molecule has 0 N–H and O–H groups in total. The molecule has 0 aromatic carbocycles. The van der Waals surface area contributed by atoms with Crippen LogP contribution in [0.3, 0.4) is 0 Å². The van der Waals surface area contributed by atoms with Crippen LogP contribution >= 0.6 is 0 Å². The zero-order valence-electron chi connectivity index (χ0n) is 22.1. The van der Waals surface area contributed by atoms with Crippen LogP contribution in [0.15, 0.2) is 0 Å². The molecule has 0 aromatic rings. The van der Waals surface area contributed by atoms with Crippen molar-refractivity contribution in [3.63, 3.8) is 0 Å². The van der Waals surface area contributed by atoms with Gasteiger partial charge in [-0.3, -0.25) is 9.59 Å². The molecule has 0 saturated heterocycles. The van der Waals surface area contributed by atoms with Crippen molar-refractivity contribution in [1.29, 1.82) is 0 Å². The summed E-state index contributed by atoms with van der Waals surface area (Å²) in [6.45, 7) is 21.7. The summed E-state index contributed by atoms with van der Waals surface area (Å²) >= 11 is 0. The van der Waals surface area contributed by atoms with E-state index in [0.29, 0.717) is 13.1 Å². The Morgan fingerprint density at radius 1 is 1.03 bits per heavy atom. The van der Waals surface area contributed by atoms with Gasteiger partial charge >= 0.3 is 12.1 Å². The van der Waals surface area contributed by atoms with Gasteiger partial charge in [0.05, 0.1) is 12.5 Å². The van der Waals surface area contributed by atoms with Gasteiger partial charge in [0.1, 0.15) is 11.2 Å². The minimum Gasteiger partial charge on any atom is -0.466 e. The monoisotopic (exact) mass is 445 g/mol. The molecule has 7 nitrogen and oxygen atoms in total. The molecule has 1 fully saturated rings. The Balaban J connectivity index is -0.000000165. The molecule has 2 unspecified atom stereocenters. The predicted octanol–water partition coefficient (Wildman–Crippen LogP) is 5.31. The Morgan fingerprint density at radius 2 is 1.48 bits per heavy atom. The van der Waals surface area contributed by atoms with Gasteiger partial charge in [-0.15, -0.1) is 12.3 Å². The molecule has 0 spiro atoms. The number of carbonyl (C=O) groups excluding carboxylic acids is 3. The summed E-state index contributed by atoms with van der Waals surface area (Å²) in [7, 11) is 3.32. The van der Waals surface area contributed by atoms with E-state index in [9.17, 15) is 14.4 Å². The molecule has 2 atom stereocenters. The minimum absolute atomic E-state index is 0.00458. The Morgan fingerprint density at radius 3 is 1.65 bits per heavy atom. The van der Waals surface area contributed by atoms with E-state index in [4.69, 9.17) is 15.9 Å². The highest BCUT2D eigenvalue weighted by atomic mass is 16.6. The average molecular weight is 446 g/mol. The highest BCUT2D eigenvalue weighted by Gasteiger charge is 2.42.